The predicted octanol–water partition coefficient (Wildman–Crippen LogP) is 2.28. The van der Waals surface area contributed by atoms with Gasteiger partial charge in [-0.3, -0.25) is 4.90 Å². The molecule has 1 atom stereocenters. The number of furan rings is 1. The summed E-state index contributed by atoms with van der Waals surface area (Å²) in [4.78, 5) is 13.1. The first-order valence-electron chi connectivity index (χ1n) is 7.67. The van der Waals surface area contributed by atoms with Crippen molar-refractivity contribution in [2.24, 2.45) is 10.9 Å². The molecule has 0 aliphatic carbocycles. The average Bonchev–Trinajstić information content (AvgIpc) is 3.13. The smallest absolute Gasteiger partial charge is 0.202 e. The first kappa shape index (κ1) is 12.6. The van der Waals surface area contributed by atoms with Crippen LogP contribution in [0.1, 0.15) is 18.4 Å². The molecule has 1 N–H and O–H groups in total. The third-order valence-corrected chi connectivity index (χ3v) is 5.10. The molecule has 2 bridgehead atoms. The van der Waals surface area contributed by atoms with Gasteiger partial charge in [0.1, 0.15) is 11.8 Å². The second-order valence-corrected chi connectivity index (χ2v) is 6.35. The summed E-state index contributed by atoms with van der Waals surface area (Å²) in [5.41, 5.74) is 3.85. The summed E-state index contributed by atoms with van der Waals surface area (Å²) in [6, 6.07) is 5.39. The predicted molar refractivity (Wildman–Crippen MR) is 78.8 cm³/mol. The van der Waals surface area contributed by atoms with Crippen LogP contribution in [0, 0.1) is 11.7 Å². The Kier molecular flexibility index (Phi) is 2.46. The molecule has 4 aliphatic rings. The number of nitrogens with one attached hydrogen (secondary N) is 1. The number of aliphatic imine (C=N–C) groups is 1. The van der Waals surface area contributed by atoms with E-state index < -0.39 is 5.72 Å². The first-order chi connectivity index (χ1) is 10.7. The number of hydrogen-bond acceptors (Lipinski definition) is 5. The van der Waals surface area contributed by atoms with Gasteiger partial charge in [-0.15, -0.1) is 0 Å². The van der Waals surface area contributed by atoms with Crippen LogP contribution in [0.3, 0.4) is 0 Å². The van der Waals surface area contributed by atoms with E-state index in [9.17, 15) is 4.39 Å². The zero-order valence-corrected chi connectivity index (χ0v) is 12.0. The molecule has 1 aromatic heterocycles. The van der Waals surface area contributed by atoms with Crippen LogP contribution in [-0.4, -0.2) is 36.1 Å². The van der Waals surface area contributed by atoms with Crippen LogP contribution in [0.4, 0.5) is 4.39 Å². The van der Waals surface area contributed by atoms with Crippen molar-refractivity contribution in [3.8, 4) is 0 Å². The molecular weight excluding hydrogens is 285 g/mol. The summed E-state index contributed by atoms with van der Waals surface area (Å²) in [5, 5.41) is 0.469. The van der Waals surface area contributed by atoms with Gasteiger partial charge in [-0.1, -0.05) is 0 Å². The SMILES string of the molecule is Fc1coc2ccc(C3=NC4(CN5CCC4CC5)ON3)cc12. The fraction of sp³-hybridized carbons (Fsp3) is 0.438. The van der Waals surface area contributed by atoms with Crippen molar-refractivity contribution >= 4 is 16.8 Å². The minimum Gasteiger partial charge on any atom is -0.461 e. The van der Waals surface area contributed by atoms with E-state index in [1.54, 1.807) is 12.1 Å². The van der Waals surface area contributed by atoms with Crippen molar-refractivity contribution in [3.05, 3.63) is 35.8 Å². The maximum Gasteiger partial charge on any atom is 0.202 e. The van der Waals surface area contributed by atoms with Gasteiger partial charge < -0.3 is 4.42 Å². The number of benzene rings is 1. The highest BCUT2D eigenvalue weighted by molar-refractivity contribution is 6.01. The Bertz CT molecular complexity index is 779. The highest BCUT2D eigenvalue weighted by Gasteiger charge is 2.51. The second-order valence-electron chi connectivity index (χ2n) is 6.35. The summed E-state index contributed by atoms with van der Waals surface area (Å²) in [6.07, 6.45) is 3.37. The summed E-state index contributed by atoms with van der Waals surface area (Å²) < 4.78 is 18.8. The molecule has 0 radical (unpaired) electrons. The minimum atomic E-state index is -0.476. The van der Waals surface area contributed by atoms with E-state index in [1.807, 2.05) is 6.07 Å². The van der Waals surface area contributed by atoms with Crippen molar-refractivity contribution in [2.45, 2.75) is 18.6 Å². The third-order valence-electron chi connectivity index (χ3n) is 5.10. The number of nitrogens with zero attached hydrogens (tertiary/aromatic N) is 2. The molecule has 1 unspecified atom stereocenters. The quantitative estimate of drug-likeness (QED) is 0.878. The fourth-order valence-electron chi connectivity index (χ4n) is 3.87. The zero-order valence-electron chi connectivity index (χ0n) is 12.0. The topological polar surface area (TPSA) is 50.0 Å². The van der Waals surface area contributed by atoms with Crippen LogP contribution in [0.25, 0.3) is 11.0 Å². The molecule has 22 heavy (non-hydrogen) atoms. The lowest BCUT2D eigenvalue weighted by molar-refractivity contribution is -0.155. The number of halogens is 1. The summed E-state index contributed by atoms with van der Waals surface area (Å²) in [6.45, 7) is 3.09. The van der Waals surface area contributed by atoms with Gasteiger partial charge in [-0.25, -0.2) is 19.7 Å². The second kappa shape index (κ2) is 4.30. The Balaban J connectivity index is 1.54. The van der Waals surface area contributed by atoms with E-state index in [1.165, 1.54) is 0 Å². The van der Waals surface area contributed by atoms with Crippen molar-refractivity contribution in [3.63, 3.8) is 0 Å². The Morgan fingerprint density at radius 1 is 1.32 bits per heavy atom. The zero-order chi connectivity index (χ0) is 14.7. The van der Waals surface area contributed by atoms with Gasteiger partial charge in [0.2, 0.25) is 5.72 Å². The van der Waals surface area contributed by atoms with Gasteiger partial charge >= 0.3 is 0 Å². The first-order valence-corrected chi connectivity index (χ1v) is 7.67. The van der Waals surface area contributed by atoms with Gasteiger partial charge in [0, 0.05) is 11.5 Å². The van der Waals surface area contributed by atoms with Gasteiger partial charge in [0.15, 0.2) is 11.7 Å². The van der Waals surface area contributed by atoms with Gasteiger partial charge in [-0.05, 0) is 44.1 Å². The van der Waals surface area contributed by atoms with Crippen LogP contribution in [-0.2, 0) is 4.84 Å². The van der Waals surface area contributed by atoms with E-state index >= 15 is 0 Å². The van der Waals surface area contributed by atoms with Crippen molar-refractivity contribution in [1.82, 2.24) is 10.4 Å². The molecule has 5 heterocycles. The highest BCUT2D eigenvalue weighted by atomic mass is 19.1. The Morgan fingerprint density at radius 2 is 2.18 bits per heavy atom. The lowest BCUT2D eigenvalue weighted by atomic mass is 9.81. The molecule has 6 heteroatoms. The summed E-state index contributed by atoms with van der Waals surface area (Å²) in [5.74, 6) is 0.780. The molecule has 4 aliphatic heterocycles. The number of rotatable bonds is 1. The van der Waals surface area contributed by atoms with E-state index in [2.05, 4.69) is 10.4 Å². The lowest BCUT2D eigenvalue weighted by Crippen LogP contribution is -2.58. The summed E-state index contributed by atoms with van der Waals surface area (Å²) in [7, 11) is 0. The molecule has 2 aromatic rings. The highest BCUT2D eigenvalue weighted by Crippen LogP contribution is 2.41. The van der Waals surface area contributed by atoms with Crippen molar-refractivity contribution in [2.75, 3.05) is 19.6 Å². The van der Waals surface area contributed by atoms with E-state index in [0.717, 1.165) is 44.3 Å². The minimum absolute atomic E-state index is 0.353. The monoisotopic (exact) mass is 301 g/mol. The molecule has 6 rings (SSSR count). The van der Waals surface area contributed by atoms with E-state index in [-0.39, 0.29) is 5.82 Å². The number of hydrogen-bond donors (Lipinski definition) is 1. The maximum absolute atomic E-state index is 13.7. The summed E-state index contributed by atoms with van der Waals surface area (Å²) >= 11 is 0. The molecule has 3 fully saturated rings. The Morgan fingerprint density at radius 3 is 2.95 bits per heavy atom. The molecule has 1 spiro atoms. The number of fused-ring (bicyclic) bond motifs is 3. The normalized spacial score (nSPS) is 33.4. The molecule has 0 amide bonds. The molecule has 0 saturated carbocycles. The van der Waals surface area contributed by atoms with E-state index in [4.69, 9.17) is 14.2 Å². The molecule has 1 aromatic carbocycles. The van der Waals surface area contributed by atoms with Crippen LogP contribution in [0.5, 0.6) is 0 Å². The van der Waals surface area contributed by atoms with Gasteiger partial charge in [0.05, 0.1) is 11.9 Å². The number of amidine groups is 1. The van der Waals surface area contributed by atoms with Crippen LogP contribution in [0.15, 0.2) is 33.9 Å². The van der Waals surface area contributed by atoms with Crippen LogP contribution < -0.4 is 5.48 Å². The lowest BCUT2D eigenvalue weighted by Gasteiger charge is -2.47. The third kappa shape index (κ3) is 1.68. The maximum atomic E-state index is 13.7. The number of piperidine rings is 3. The standard InChI is InChI=1S/C16H16FN3O2/c17-13-8-21-14-2-1-10(7-12(13)14)15-18-16(22-19-15)9-20-5-3-11(16)4-6-20/h1-2,7-8,11H,3-6,9H2,(H,18,19). The molecule has 5 nitrogen and oxygen atoms in total. The van der Waals surface area contributed by atoms with Crippen LogP contribution in [0.2, 0.25) is 0 Å². The van der Waals surface area contributed by atoms with Crippen molar-refractivity contribution in [1.29, 1.82) is 0 Å². The Labute approximate surface area is 126 Å². The molecular formula is C16H16FN3O2. The van der Waals surface area contributed by atoms with E-state index in [0.29, 0.717) is 22.7 Å². The fourth-order valence-corrected chi connectivity index (χ4v) is 3.87. The molecule has 3 saturated heterocycles. The average molecular weight is 301 g/mol. The largest absolute Gasteiger partial charge is 0.461 e. The molecule has 114 valence electrons. The van der Waals surface area contributed by atoms with Gasteiger partial charge in [0.25, 0.3) is 0 Å². The van der Waals surface area contributed by atoms with Crippen molar-refractivity contribution < 1.29 is 13.6 Å². The Hall–Kier alpha value is -1.92. The van der Waals surface area contributed by atoms with Gasteiger partial charge in [-0.2, -0.15) is 0 Å². The number of hydroxylamine groups is 1. The van der Waals surface area contributed by atoms with Crippen LogP contribution >= 0.6 is 0 Å².